The van der Waals surface area contributed by atoms with Gasteiger partial charge in [-0.3, -0.25) is 4.79 Å². The molecule has 8 heteroatoms. The number of ether oxygens (including phenoxy) is 2. The van der Waals surface area contributed by atoms with Crippen LogP contribution in [0.5, 0.6) is 0 Å². The van der Waals surface area contributed by atoms with Crippen LogP contribution in [-0.2, 0) is 25.0 Å². The molecular formula is C22H27N3O4S. The summed E-state index contributed by atoms with van der Waals surface area (Å²) in [7, 11) is -0.179. The Labute approximate surface area is 179 Å². The number of nitrogens with zero attached hydrogens (tertiary/aromatic N) is 2. The van der Waals surface area contributed by atoms with E-state index in [1.165, 1.54) is 0 Å². The van der Waals surface area contributed by atoms with Gasteiger partial charge in [0.2, 0.25) is 6.19 Å². The van der Waals surface area contributed by atoms with Gasteiger partial charge in [-0.25, -0.2) is 4.79 Å². The maximum absolute atomic E-state index is 12.9. The number of hydrogen-bond donors (Lipinski definition) is 1. The molecule has 1 fully saturated rings. The van der Waals surface area contributed by atoms with Gasteiger partial charge in [0.05, 0.1) is 18.2 Å². The number of carbonyl (C=O) groups is 2. The lowest BCUT2D eigenvalue weighted by Gasteiger charge is -2.26. The van der Waals surface area contributed by atoms with Crippen molar-refractivity contribution in [2.45, 2.75) is 46.1 Å². The molecule has 0 saturated carbocycles. The number of amides is 1. The van der Waals surface area contributed by atoms with Crippen LogP contribution in [0.2, 0.25) is 0 Å². The topological polar surface area (TPSA) is 101 Å². The van der Waals surface area contributed by atoms with E-state index in [1.807, 2.05) is 38.2 Å². The molecule has 1 unspecified atom stereocenters. The van der Waals surface area contributed by atoms with E-state index in [2.05, 4.69) is 9.68 Å². The number of nitriles is 1. The molecule has 0 radical (unpaired) electrons. The van der Waals surface area contributed by atoms with Gasteiger partial charge in [-0.05, 0) is 57.1 Å². The maximum atomic E-state index is 12.9. The fourth-order valence-electron chi connectivity index (χ4n) is 3.94. The van der Waals surface area contributed by atoms with E-state index in [0.29, 0.717) is 23.7 Å². The Bertz CT molecular complexity index is 938. The van der Waals surface area contributed by atoms with Gasteiger partial charge in [0.15, 0.2) is 0 Å². The molecule has 1 amide bonds. The van der Waals surface area contributed by atoms with Crippen molar-refractivity contribution in [3.05, 3.63) is 40.6 Å². The molecule has 3 rings (SSSR count). The van der Waals surface area contributed by atoms with Crippen LogP contribution in [0.25, 0.3) is 5.57 Å². The minimum Gasteiger partial charge on any atom is -0.434 e. The van der Waals surface area contributed by atoms with Gasteiger partial charge < -0.3 is 14.8 Å². The maximum Gasteiger partial charge on any atom is 0.513 e. The van der Waals surface area contributed by atoms with Crippen LogP contribution in [0, 0.1) is 31.2 Å². The predicted molar refractivity (Wildman–Crippen MR) is 115 cm³/mol. The second-order valence-corrected chi connectivity index (χ2v) is 9.53. The SMILES string of the molecule is CCOC(=O)OC1=C(c2cc(C)ccc2C)C(=O)NC1CC1CCS(=NC#N)CC1. The van der Waals surface area contributed by atoms with E-state index >= 15 is 0 Å². The summed E-state index contributed by atoms with van der Waals surface area (Å²) in [5, 5.41) is 11.8. The first-order valence-corrected chi connectivity index (χ1v) is 11.7. The highest BCUT2D eigenvalue weighted by Gasteiger charge is 2.38. The molecule has 1 atom stereocenters. The molecule has 0 aromatic heterocycles. The summed E-state index contributed by atoms with van der Waals surface area (Å²) in [6, 6.07) is 5.51. The third kappa shape index (κ3) is 5.08. The fourth-order valence-corrected chi connectivity index (χ4v) is 5.65. The summed E-state index contributed by atoms with van der Waals surface area (Å²) < 4.78 is 14.5. The van der Waals surface area contributed by atoms with Crippen molar-refractivity contribution in [2.24, 2.45) is 10.3 Å². The summed E-state index contributed by atoms with van der Waals surface area (Å²) in [5.74, 6) is 2.26. The third-order valence-corrected chi connectivity index (χ3v) is 7.23. The molecule has 0 spiro atoms. The van der Waals surface area contributed by atoms with Gasteiger partial charge in [0, 0.05) is 11.5 Å². The van der Waals surface area contributed by atoms with Gasteiger partial charge in [0.1, 0.15) is 5.76 Å². The zero-order valence-corrected chi connectivity index (χ0v) is 18.4. The average molecular weight is 430 g/mol. The fraction of sp³-hybridized carbons (Fsp3) is 0.500. The van der Waals surface area contributed by atoms with E-state index in [0.717, 1.165) is 41.0 Å². The van der Waals surface area contributed by atoms with Crippen molar-refractivity contribution in [1.29, 1.82) is 5.26 Å². The van der Waals surface area contributed by atoms with Crippen LogP contribution < -0.4 is 5.32 Å². The largest absolute Gasteiger partial charge is 0.513 e. The van der Waals surface area contributed by atoms with Crippen molar-refractivity contribution in [1.82, 2.24) is 5.32 Å². The standard InChI is InChI=1S/C22H27N3O4S/c1-4-28-22(27)29-20-18(12-16-7-9-30(10-8-16)24-13-23)25-21(26)19(20)17-11-14(2)5-6-15(17)3/h5-6,11,16,18H,4,7-10,12H2,1-3H3,(H,25,26). The summed E-state index contributed by atoms with van der Waals surface area (Å²) in [5.41, 5.74) is 3.14. The Kier molecular flexibility index (Phi) is 7.27. The molecule has 160 valence electrons. The van der Waals surface area contributed by atoms with E-state index < -0.39 is 6.16 Å². The minimum atomic E-state index is -0.796. The van der Waals surface area contributed by atoms with Gasteiger partial charge in [-0.15, -0.1) is 0 Å². The Hall–Kier alpha value is -2.66. The molecule has 30 heavy (non-hydrogen) atoms. The average Bonchev–Trinajstić information content (AvgIpc) is 3.00. The second kappa shape index (κ2) is 9.90. The second-order valence-electron chi connectivity index (χ2n) is 7.61. The number of aryl methyl sites for hydroxylation is 2. The molecule has 2 aliphatic rings. The number of nitrogens with one attached hydrogen (secondary N) is 1. The lowest BCUT2D eigenvalue weighted by molar-refractivity contribution is -0.115. The minimum absolute atomic E-state index is 0.179. The number of carbonyl (C=O) groups excluding carboxylic acids is 2. The van der Waals surface area contributed by atoms with Crippen molar-refractivity contribution in [2.75, 3.05) is 18.1 Å². The van der Waals surface area contributed by atoms with Crippen LogP contribution in [0.1, 0.15) is 42.9 Å². The zero-order chi connectivity index (χ0) is 21.7. The molecule has 0 bridgehead atoms. The summed E-state index contributed by atoms with van der Waals surface area (Å²) >= 11 is 0. The molecule has 0 aliphatic carbocycles. The highest BCUT2D eigenvalue weighted by molar-refractivity contribution is 7.87. The number of hydrogen-bond acceptors (Lipinski definition) is 6. The molecule has 2 aliphatic heterocycles. The first kappa shape index (κ1) is 22.0. The predicted octanol–water partition coefficient (Wildman–Crippen LogP) is 3.77. The Morgan fingerprint density at radius 3 is 2.73 bits per heavy atom. The molecule has 1 aromatic carbocycles. The quantitative estimate of drug-likeness (QED) is 0.567. The smallest absolute Gasteiger partial charge is 0.434 e. The van der Waals surface area contributed by atoms with Crippen molar-refractivity contribution >= 4 is 28.3 Å². The Morgan fingerprint density at radius 1 is 1.33 bits per heavy atom. The number of rotatable bonds is 5. The molecule has 1 aromatic rings. The van der Waals surface area contributed by atoms with Crippen molar-refractivity contribution < 1.29 is 19.1 Å². The van der Waals surface area contributed by atoms with Gasteiger partial charge in [-0.1, -0.05) is 34.5 Å². The van der Waals surface area contributed by atoms with Crippen LogP contribution in [0.15, 0.2) is 28.3 Å². The molecule has 1 saturated heterocycles. The molecule has 1 N–H and O–H groups in total. The van der Waals surface area contributed by atoms with Gasteiger partial charge in [0.25, 0.3) is 5.91 Å². The van der Waals surface area contributed by atoms with Gasteiger partial charge in [-0.2, -0.15) is 9.62 Å². The van der Waals surface area contributed by atoms with Crippen molar-refractivity contribution in [3.8, 4) is 6.19 Å². The zero-order valence-electron chi connectivity index (χ0n) is 17.6. The third-order valence-electron chi connectivity index (χ3n) is 5.48. The first-order valence-electron chi connectivity index (χ1n) is 10.2. The van der Waals surface area contributed by atoms with Crippen molar-refractivity contribution in [3.63, 3.8) is 0 Å². The van der Waals surface area contributed by atoms with Crippen LogP contribution in [0.4, 0.5) is 4.79 Å². The highest BCUT2D eigenvalue weighted by atomic mass is 32.2. The van der Waals surface area contributed by atoms with E-state index in [-0.39, 0.29) is 29.2 Å². The first-order chi connectivity index (χ1) is 14.4. The van der Waals surface area contributed by atoms with E-state index in [9.17, 15) is 9.59 Å². The highest BCUT2D eigenvalue weighted by Crippen LogP contribution is 2.35. The molecular weight excluding hydrogens is 402 g/mol. The lowest BCUT2D eigenvalue weighted by Crippen LogP contribution is -2.33. The normalized spacial score (nSPS) is 23.5. The van der Waals surface area contributed by atoms with E-state index in [4.69, 9.17) is 14.7 Å². The monoisotopic (exact) mass is 429 g/mol. The molecule has 7 nitrogen and oxygen atoms in total. The van der Waals surface area contributed by atoms with Crippen LogP contribution in [0.3, 0.4) is 0 Å². The summed E-state index contributed by atoms with van der Waals surface area (Å²) in [4.78, 5) is 25.1. The number of benzene rings is 1. The lowest BCUT2D eigenvalue weighted by atomic mass is 9.92. The molecule has 2 heterocycles. The van der Waals surface area contributed by atoms with E-state index in [1.54, 1.807) is 6.92 Å². The van der Waals surface area contributed by atoms with Gasteiger partial charge >= 0.3 is 6.16 Å². The Balaban J connectivity index is 1.89. The van der Waals surface area contributed by atoms with Crippen LogP contribution >= 0.6 is 0 Å². The summed E-state index contributed by atoms with van der Waals surface area (Å²) in [6.07, 6.45) is 3.66. The summed E-state index contributed by atoms with van der Waals surface area (Å²) in [6.45, 7) is 5.81. The Morgan fingerprint density at radius 2 is 2.07 bits per heavy atom. The van der Waals surface area contributed by atoms with Crippen LogP contribution in [-0.4, -0.2) is 36.2 Å².